The van der Waals surface area contributed by atoms with Gasteiger partial charge < -0.3 is 15.2 Å². The molecule has 0 aliphatic rings. The van der Waals surface area contributed by atoms with E-state index in [2.05, 4.69) is 30.6 Å². The van der Waals surface area contributed by atoms with Gasteiger partial charge >= 0.3 is 0 Å². The summed E-state index contributed by atoms with van der Waals surface area (Å²) in [6.45, 7) is 5.98. The fourth-order valence-electron chi connectivity index (χ4n) is 1.48. The zero-order valence-corrected chi connectivity index (χ0v) is 11.5. The number of rotatable bonds is 9. The molecule has 1 unspecified atom stereocenters. The van der Waals surface area contributed by atoms with Crippen LogP contribution in [0.15, 0.2) is 17.5 Å². The molecule has 0 aliphatic carbocycles. The lowest BCUT2D eigenvalue weighted by molar-refractivity contribution is 0.0348. The molecule has 3 nitrogen and oxygen atoms in total. The van der Waals surface area contributed by atoms with Gasteiger partial charge in [-0.2, -0.15) is 0 Å². The molecule has 0 bridgehead atoms. The normalized spacial score (nSPS) is 14.8. The van der Waals surface area contributed by atoms with E-state index >= 15 is 0 Å². The van der Waals surface area contributed by atoms with Crippen LogP contribution < -0.4 is 5.32 Å². The molecule has 0 fully saturated rings. The highest BCUT2D eigenvalue weighted by Gasteiger charge is 2.09. The number of thiophene rings is 1. The largest absolute Gasteiger partial charge is 0.389 e. The minimum absolute atomic E-state index is 0.292. The van der Waals surface area contributed by atoms with Crippen LogP contribution in [0.2, 0.25) is 0 Å². The monoisotopic (exact) mass is 257 g/mol. The average Bonchev–Trinajstić information content (AvgIpc) is 2.85. The summed E-state index contributed by atoms with van der Waals surface area (Å²) in [6.07, 6.45) is 1.77. The van der Waals surface area contributed by atoms with Crippen molar-refractivity contribution in [1.29, 1.82) is 0 Å². The molecule has 2 N–H and O–H groups in total. The Morgan fingerprint density at radius 2 is 2.35 bits per heavy atom. The van der Waals surface area contributed by atoms with E-state index in [1.807, 2.05) is 6.07 Å². The van der Waals surface area contributed by atoms with Gasteiger partial charge in [0.2, 0.25) is 0 Å². The smallest absolute Gasteiger partial charge is 0.0897 e. The predicted octanol–water partition coefficient (Wildman–Crippen LogP) is 2.58. The Hall–Kier alpha value is -0.420. The zero-order chi connectivity index (χ0) is 12.5. The Kier molecular flexibility index (Phi) is 7.44. The van der Waals surface area contributed by atoms with Crippen molar-refractivity contribution in [1.82, 2.24) is 5.32 Å². The molecule has 0 radical (unpaired) electrons. The summed E-state index contributed by atoms with van der Waals surface area (Å²) in [5.74, 6) is 0. The third-order valence-electron chi connectivity index (χ3n) is 2.58. The minimum Gasteiger partial charge on any atom is -0.389 e. The van der Waals surface area contributed by atoms with Gasteiger partial charge in [-0.3, -0.25) is 0 Å². The van der Waals surface area contributed by atoms with Crippen LogP contribution in [0, 0.1) is 0 Å². The van der Waals surface area contributed by atoms with Crippen molar-refractivity contribution in [2.75, 3.05) is 19.8 Å². The van der Waals surface area contributed by atoms with Gasteiger partial charge in [0.25, 0.3) is 0 Å². The van der Waals surface area contributed by atoms with Crippen molar-refractivity contribution >= 4 is 11.3 Å². The molecule has 2 atom stereocenters. The van der Waals surface area contributed by atoms with Gasteiger partial charge in [0.15, 0.2) is 0 Å². The first-order chi connectivity index (χ1) is 8.24. The molecule has 1 heterocycles. The first-order valence-corrected chi connectivity index (χ1v) is 7.14. The Morgan fingerprint density at radius 1 is 1.53 bits per heavy atom. The molecule has 1 aromatic heterocycles. The van der Waals surface area contributed by atoms with Crippen molar-refractivity contribution < 1.29 is 9.84 Å². The van der Waals surface area contributed by atoms with E-state index in [-0.39, 0.29) is 0 Å². The fourth-order valence-corrected chi connectivity index (χ4v) is 2.23. The molecule has 0 aromatic carbocycles. The van der Waals surface area contributed by atoms with Crippen molar-refractivity contribution in [3.8, 4) is 0 Å². The van der Waals surface area contributed by atoms with Crippen molar-refractivity contribution in [2.45, 2.75) is 38.8 Å². The molecule has 0 amide bonds. The van der Waals surface area contributed by atoms with Crippen molar-refractivity contribution in [3.63, 3.8) is 0 Å². The number of unbranched alkanes of at least 4 members (excludes halogenated alkanes) is 1. The van der Waals surface area contributed by atoms with Gasteiger partial charge in [-0.15, -0.1) is 11.3 Å². The molecule has 98 valence electrons. The summed E-state index contributed by atoms with van der Waals surface area (Å²) in [5.41, 5.74) is 0. The molecule has 4 heteroatoms. The van der Waals surface area contributed by atoms with E-state index in [1.54, 1.807) is 11.3 Å². The number of hydrogen-bond acceptors (Lipinski definition) is 4. The second-order valence-electron chi connectivity index (χ2n) is 4.23. The summed E-state index contributed by atoms with van der Waals surface area (Å²) in [5, 5.41) is 15.1. The first kappa shape index (κ1) is 14.6. The molecular formula is C13H23NO2S. The van der Waals surface area contributed by atoms with Crippen LogP contribution in [-0.2, 0) is 4.74 Å². The van der Waals surface area contributed by atoms with Gasteiger partial charge in [-0.25, -0.2) is 0 Å². The molecular weight excluding hydrogens is 234 g/mol. The Morgan fingerprint density at radius 3 is 3.00 bits per heavy atom. The summed E-state index contributed by atoms with van der Waals surface area (Å²) in [4.78, 5) is 1.30. The van der Waals surface area contributed by atoms with Gasteiger partial charge in [0.1, 0.15) is 0 Å². The molecule has 1 aromatic rings. The van der Waals surface area contributed by atoms with Crippen LogP contribution in [0.1, 0.15) is 37.6 Å². The number of ether oxygens (including phenoxy) is 1. The molecule has 0 spiro atoms. The van der Waals surface area contributed by atoms with E-state index in [0.29, 0.717) is 19.2 Å². The lowest BCUT2D eigenvalue weighted by Gasteiger charge is -2.16. The van der Waals surface area contributed by atoms with Crippen LogP contribution >= 0.6 is 11.3 Å². The number of nitrogens with one attached hydrogen (secondary N) is 1. The van der Waals surface area contributed by atoms with Gasteiger partial charge in [-0.1, -0.05) is 19.4 Å². The van der Waals surface area contributed by atoms with E-state index in [1.165, 1.54) is 4.88 Å². The summed E-state index contributed by atoms with van der Waals surface area (Å²) < 4.78 is 5.37. The van der Waals surface area contributed by atoms with Crippen LogP contribution in [0.4, 0.5) is 0 Å². The highest BCUT2D eigenvalue weighted by atomic mass is 32.1. The maximum atomic E-state index is 9.71. The van der Waals surface area contributed by atoms with Gasteiger partial charge in [0.05, 0.1) is 12.7 Å². The Balaban J connectivity index is 2.09. The van der Waals surface area contributed by atoms with E-state index in [0.717, 1.165) is 19.4 Å². The Bertz CT molecular complexity index is 277. The van der Waals surface area contributed by atoms with E-state index in [4.69, 9.17) is 4.74 Å². The second kappa shape index (κ2) is 8.64. The third kappa shape index (κ3) is 6.17. The molecule has 1 rings (SSSR count). The maximum absolute atomic E-state index is 9.71. The predicted molar refractivity (Wildman–Crippen MR) is 72.5 cm³/mol. The average molecular weight is 257 g/mol. The first-order valence-electron chi connectivity index (χ1n) is 6.26. The van der Waals surface area contributed by atoms with Gasteiger partial charge in [0, 0.05) is 24.1 Å². The minimum atomic E-state index is -0.422. The lowest BCUT2D eigenvalue weighted by atomic mass is 10.2. The quantitative estimate of drug-likeness (QED) is 0.668. The highest BCUT2D eigenvalue weighted by Crippen LogP contribution is 2.17. The molecule has 0 saturated carbocycles. The SMILES string of the molecule is CCCCOCC(O)CN[C@H](C)c1cccs1. The summed E-state index contributed by atoms with van der Waals surface area (Å²) in [7, 11) is 0. The second-order valence-corrected chi connectivity index (χ2v) is 5.21. The number of aliphatic hydroxyl groups excluding tert-OH is 1. The standard InChI is InChI=1S/C13H23NO2S/c1-3-4-7-16-10-12(15)9-14-11(2)13-6-5-8-17-13/h5-6,8,11-12,14-15H,3-4,7,9-10H2,1-2H3/t11-,12?/m1/s1. The van der Waals surface area contributed by atoms with Crippen LogP contribution in [0.25, 0.3) is 0 Å². The highest BCUT2D eigenvalue weighted by molar-refractivity contribution is 7.10. The molecule has 17 heavy (non-hydrogen) atoms. The molecule has 0 saturated heterocycles. The number of aliphatic hydroxyl groups is 1. The molecule has 0 aliphatic heterocycles. The van der Waals surface area contributed by atoms with Crippen molar-refractivity contribution in [2.24, 2.45) is 0 Å². The zero-order valence-electron chi connectivity index (χ0n) is 10.7. The fraction of sp³-hybridized carbons (Fsp3) is 0.692. The summed E-state index contributed by atoms with van der Waals surface area (Å²) >= 11 is 1.73. The maximum Gasteiger partial charge on any atom is 0.0897 e. The van der Waals surface area contributed by atoms with E-state index < -0.39 is 6.10 Å². The van der Waals surface area contributed by atoms with Crippen LogP contribution in [-0.4, -0.2) is 31.0 Å². The topological polar surface area (TPSA) is 41.5 Å². The number of hydrogen-bond donors (Lipinski definition) is 2. The lowest BCUT2D eigenvalue weighted by Crippen LogP contribution is -2.32. The van der Waals surface area contributed by atoms with Crippen LogP contribution in [0.3, 0.4) is 0 Å². The van der Waals surface area contributed by atoms with E-state index in [9.17, 15) is 5.11 Å². The third-order valence-corrected chi connectivity index (χ3v) is 3.64. The van der Waals surface area contributed by atoms with Crippen LogP contribution in [0.5, 0.6) is 0 Å². The van der Waals surface area contributed by atoms with Gasteiger partial charge in [-0.05, 0) is 24.8 Å². The Labute approximate surface area is 108 Å². The van der Waals surface area contributed by atoms with Crippen molar-refractivity contribution in [3.05, 3.63) is 22.4 Å². The summed E-state index contributed by atoms with van der Waals surface area (Å²) in [6, 6.07) is 4.44.